The van der Waals surface area contributed by atoms with Crippen molar-refractivity contribution in [2.45, 2.75) is 26.8 Å². The zero-order valence-corrected chi connectivity index (χ0v) is 10.5. The lowest BCUT2D eigenvalue weighted by Gasteiger charge is -2.06. The molecule has 1 unspecified atom stereocenters. The second-order valence-electron chi connectivity index (χ2n) is 4.21. The average Bonchev–Trinajstić information content (AvgIpc) is 2.78. The van der Waals surface area contributed by atoms with Crippen LogP contribution >= 0.6 is 0 Å². The van der Waals surface area contributed by atoms with Crippen LogP contribution in [0.3, 0.4) is 0 Å². The van der Waals surface area contributed by atoms with Gasteiger partial charge >= 0.3 is 0 Å². The van der Waals surface area contributed by atoms with Gasteiger partial charge in [0.25, 0.3) is 0 Å². The van der Waals surface area contributed by atoms with E-state index in [-0.39, 0.29) is 6.04 Å². The number of aromatic nitrogens is 1. The molecule has 0 bridgehead atoms. The normalized spacial score (nSPS) is 12.6. The van der Waals surface area contributed by atoms with Crippen molar-refractivity contribution in [2.75, 3.05) is 6.54 Å². The van der Waals surface area contributed by atoms with Gasteiger partial charge in [0.2, 0.25) is 5.89 Å². The molecule has 0 fully saturated rings. The fourth-order valence-corrected chi connectivity index (χ4v) is 1.81. The quantitative estimate of drug-likeness (QED) is 0.875. The minimum absolute atomic E-state index is 0.151. The highest BCUT2D eigenvalue weighted by molar-refractivity contribution is 5.57. The van der Waals surface area contributed by atoms with Crippen molar-refractivity contribution in [2.24, 2.45) is 0 Å². The zero-order chi connectivity index (χ0) is 12.3. The fourth-order valence-electron chi connectivity index (χ4n) is 1.81. The van der Waals surface area contributed by atoms with Gasteiger partial charge in [0.05, 0.1) is 12.2 Å². The van der Waals surface area contributed by atoms with Crippen LogP contribution in [0.15, 0.2) is 34.9 Å². The van der Waals surface area contributed by atoms with Crippen LogP contribution in [0.4, 0.5) is 0 Å². The van der Waals surface area contributed by atoms with Gasteiger partial charge < -0.3 is 9.73 Å². The van der Waals surface area contributed by atoms with Crippen molar-refractivity contribution in [1.82, 2.24) is 10.3 Å². The summed E-state index contributed by atoms with van der Waals surface area (Å²) in [6.07, 6.45) is 1.79. The van der Waals surface area contributed by atoms with E-state index in [0.717, 1.165) is 23.8 Å². The van der Waals surface area contributed by atoms with E-state index in [1.165, 1.54) is 5.56 Å². The molecule has 1 aromatic heterocycles. The molecule has 0 spiro atoms. The molecule has 17 heavy (non-hydrogen) atoms. The summed E-state index contributed by atoms with van der Waals surface area (Å²) in [5.41, 5.74) is 2.30. The molecule has 1 atom stereocenters. The van der Waals surface area contributed by atoms with Gasteiger partial charge in [-0.15, -0.1) is 0 Å². The Morgan fingerprint density at radius 3 is 2.94 bits per heavy atom. The predicted octanol–water partition coefficient (Wildman–Crippen LogP) is 3.32. The van der Waals surface area contributed by atoms with Gasteiger partial charge in [0, 0.05) is 5.56 Å². The minimum atomic E-state index is 0.151. The van der Waals surface area contributed by atoms with Gasteiger partial charge in [-0.1, -0.05) is 30.7 Å². The van der Waals surface area contributed by atoms with E-state index in [1.54, 1.807) is 6.20 Å². The van der Waals surface area contributed by atoms with Crippen LogP contribution in [0.1, 0.15) is 31.3 Å². The molecular formula is C14H18N2O. The topological polar surface area (TPSA) is 38.1 Å². The highest BCUT2D eigenvalue weighted by Crippen LogP contribution is 2.23. The van der Waals surface area contributed by atoms with Crippen molar-refractivity contribution in [3.05, 3.63) is 41.9 Å². The maximum Gasteiger partial charge on any atom is 0.211 e. The number of rotatable bonds is 4. The Morgan fingerprint density at radius 2 is 2.24 bits per heavy atom. The average molecular weight is 230 g/mol. The number of hydrogen-bond donors (Lipinski definition) is 1. The van der Waals surface area contributed by atoms with Crippen LogP contribution in [-0.4, -0.2) is 11.5 Å². The lowest BCUT2D eigenvalue weighted by molar-refractivity contribution is 0.429. The number of nitrogens with one attached hydrogen (secondary N) is 1. The third-order valence-corrected chi connectivity index (χ3v) is 2.71. The van der Waals surface area contributed by atoms with Crippen LogP contribution < -0.4 is 5.32 Å². The molecule has 0 saturated heterocycles. The Bertz CT molecular complexity index is 490. The Balaban J connectivity index is 2.23. The first-order chi connectivity index (χ1) is 8.20. The van der Waals surface area contributed by atoms with Crippen molar-refractivity contribution in [1.29, 1.82) is 0 Å². The first-order valence-electron chi connectivity index (χ1n) is 5.97. The van der Waals surface area contributed by atoms with Gasteiger partial charge in [-0.3, -0.25) is 0 Å². The SMILES string of the molecule is CCNC(C)c1ncc(-c2cccc(C)c2)o1. The monoisotopic (exact) mass is 230 g/mol. The molecular weight excluding hydrogens is 212 g/mol. The summed E-state index contributed by atoms with van der Waals surface area (Å²) >= 11 is 0. The predicted molar refractivity (Wildman–Crippen MR) is 68.8 cm³/mol. The highest BCUT2D eigenvalue weighted by Gasteiger charge is 2.11. The molecule has 1 aromatic carbocycles. The van der Waals surface area contributed by atoms with Crippen molar-refractivity contribution in [3.8, 4) is 11.3 Å². The van der Waals surface area contributed by atoms with E-state index < -0.39 is 0 Å². The molecule has 2 aromatic rings. The second-order valence-corrected chi connectivity index (χ2v) is 4.21. The lowest BCUT2D eigenvalue weighted by atomic mass is 10.1. The van der Waals surface area contributed by atoms with Crippen molar-refractivity contribution >= 4 is 0 Å². The second kappa shape index (κ2) is 5.15. The summed E-state index contributed by atoms with van der Waals surface area (Å²) in [5, 5.41) is 3.28. The first kappa shape index (κ1) is 11.9. The summed E-state index contributed by atoms with van der Waals surface area (Å²) in [6, 6.07) is 8.39. The first-order valence-corrected chi connectivity index (χ1v) is 5.97. The Hall–Kier alpha value is -1.61. The van der Waals surface area contributed by atoms with Crippen LogP contribution in [0.25, 0.3) is 11.3 Å². The van der Waals surface area contributed by atoms with E-state index >= 15 is 0 Å². The number of hydrogen-bond acceptors (Lipinski definition) is 3. The van der Waals surface area contributed by atoms with Gasteiger partial charge in [-0.2, -0.15) is 0 Å². The number of nitrogens with zero attached hydrogens (tertiary/aromatic N) is 1. The van der Waals surface area contributed by atoms with E-state index in [1.807, 2.05) is 12.1 Å². The molecule has 90 valence electrons. The Morgan fingerprint density at radius 1 is 1.41 bits per heavy atom. The van der Waals surface area contributed by atoms with E-state index in [4.69, 9.17) is 4.42 Å². The smallest absolute Gasteiger partial charge is 0.211 e. The molecule has 2 rings (SSSR count). The van der Waals surface area contributed by atoms with Crippen LogP contribution in [0, 0.1) is 6.92 Å². The van der Waals surface area contributed by atoms with E-state index in [0.29, 0.717) is 0 Å². The largest absolute Gasteiger partial charge is 0.439 e. The van der Waals surface area contributed by atoms with E-state index in [2.05, 4.69) is 43.2 Å². The maximum atomic E-state index is 5.77. The number of benzene rings is 1. The maximum absolute atomic E-state index is 5.77. The molecule has 1 heterocycles. The molecule has 0 radical (unpaired) electrons. The van der Waals surface area contributed by atoms with Gasteiger partial charge in [-0.05, 0) is 26.5 Å². The number of aryl methyl sites for hydroxylation is 1. The zero-order valence-electron chi connectivity index (χ0n) is 10.5. The summed E-state index contributed by atoms with van der Waals surface area (Å²) in [4.78, 5) is 4.31. The minimum Gasteiger partial charge on any atom is -0.439 e. The van der Waals surface area contributed by atoms with Crippen LogP contribution in [0.5, 0.6) is 0 Å². The molecule has 0 aliphatic carbocycles. The number of oxazole rings is 1. The Labute approximate surface area is 102 Å². The standard InChI is InChI=1S/C14H18N2O/c1-4-15-11(3)14-16-9-13(17-14)12-7-5-6-10(2)8-12/h5-9,11,15H,4H2,1-3H3. The van der Waals surface area contributed by atoms with Gasteiger partial charge in [0.15, 0.2) is 5.76 Å². The lowest BCUT2D eigenvalue weighted by Crippen LogP contribution is -2.17. The van der Waals surface area contributed by atoms with Gasteiger partial charge in [0.1, 0.15) is 0 Å². The molecule has 3 heteroatoms. The highest BCUT2D eigenvalue weighted by atomic mass is 16.4. The fraction of sp³-hybridized carbons (Fsp3) is 0.357. The van der Waals surface area contributed by atoms with Crippen molar-refractivity contribution < 1.29 is 4.42 Å². The molecule has 1 N–H and O–H groups in total. The Kier molecular flexibility index (Phi) is 3.59. The van der Waals surface area contributed by atoms with Crippen molar-refractivity contribution in [3.63, 3.8) is 0 Å². The molecule has 0 aliphatic rings. The van der Waals surface area contributed by atoms with Crippen LogP contribution in [0.2, 0.25) is 0 Å². The summed E-state index contributed by atoms with van der Waals surface area (Å²) in [5.74, 6) is 1.57. The molecule has 3 nitrogen and oxygen atoms in total. The summed E-state index contributed by atoms with van der Waals surface area (Å²) < 4.78 is 5.77. The van der Waals surface area contributed by atoms with E-state index in [9.17, 15) is 0 Å². The molecule has 0 amide bonds. The molecule has 0 aliphatic heterocycles. The third-order valence-electron chi connectivity index (χ3n) is 2.71. The third kappa shape index (κ3) is 2.74. The molecule has 0 saturated carbocycles. The summed E-state index contributed by atoms with van der Waals surface area (Å²) in [7, 11) is 0. The van der Waals surface area contributed by atoms with Crippen LogP contribution in [-0.2, 0) is 0 Å². The summed E-state index contributed by atoms with van der Waals surface area (Å²) in [6.45, 7) is 7.10. The van der Waals surface area contributed by atoms with Gasteiger partial charge in [-0.25, -0.2) is 4.98 Å².